The first-order chi connectivity index (χ1) is 21.8. The summed E-state index contributed by atoms with van der Waals surface area (Å²) >= 11 is 0. The zero-order valence-electron chi connectivity index (χ0n) is 24.8. The summed E-state index contributed by atoms with van der Waals surface area (Å²) in [6.45, 7) is 3.96. The number of pyridine rings is 1. The predicted molar refractivity (Wildman–Crippen MR) is 171 cm³/mol. The topological polar surface area (TPSA) is 116 Å². The molecule has 0 amide bonds. The summed E-state index contributed by atoms with van der Waals surface area (Å²) in [5, 5.41) is 3.57. The largest absolute Gasteiger partial charge is 0.489 e. The summed E-state index contributed by atoms with van der Waals surface area (Å²) in [7, 11) is 0. The number of carbonyl (C=O) groups excluding carboxylic acids is 2. The molecular weight excluding hydrogens is 572 g/mol. The molecule has 1 aliphatic rings. The van der Waals surface area contributed by atoms with Gasteiger partial charge >= 0.3 is 11.9 Å². The highest BCUT2D eigenvalue weighted by molar-refractivity contribution is 6.15. The van der Waals surface area contributed by atoms with Crippen LogP contribution in [0.15, 0.2) is 132 Å². The molecular formula is C36H32N2O7. The van der Waals surface area contributed by atoms with Crippen molar-refractivity contribution in [3.63, 3.8) is 0 Å². The monoisotopic (exact) mass is 604 g/mol. The van der Waals surface area contributed by atoms with Crippen molar-refractivity contribution >= 4 is 28.5 Å². The Kier molecular flexibility index (Phi) is 9.59. The lowest BCUT2D eigenvalue weighted by atomic mass is 10.2. The average Bonchev–Trinajstić information content (AvgIpc) is 3.03. The van der Waals surface area contributed by atoms with Crippen LogP contribution in [-0.2, 0) is 32.3 Å². The minimum Gasteiger partial charge on any atom is -0.489 e. The van der Waals surface area contributed by atoms with Gasteiger partial charge in [-0.15, -0.1) is 0 Å². The van der Waals surface area contributed by atoms with Crippen LogP contribution in [0.1, 0.15) is 25.0 Å². The highest BCUT2D eigenvalue weighted by atomic mass is 16.7. The second-order valence-electron chi connectivity index (χ2n) is 10.5. The summed E-state index contributed by atoms with van der Waals surface area (Å²) in [5.74, 6) is -1.30. The van der Waals surface area contributed by atoms with E-state index in [9.17, 15) is 14.4 Å². The summed E-state index contributed by atoms with van der Waals surface area (Å²) < 4.78 is 21.6. The van der Waals surface area contributed by atoms with Gasteiger partial charge in [0.2, 0.25) is 0 Å². The Morgan fingerprint density at radius 1 is 0.711 bits per heavy atom. The van der Waals surface area contributed by atoms with Crippen LogP contribution in [0, 0.1) is 0 Å². The first-order valence-electron chi connectivity index (χ1n) is 14.2. The molecule has 228 valence electrons. The maximum absolute atomic E-state index is 11.9. The number of rotatable bonds is 8. The van der Waals surface area contributed by atoms with Crippen LogP contribution in [0.5, 0.6) is 11.5 Å². The van der Waals surface area contributed by atoms with Crippen LogP contribution in [0.4, 0.5) is 5.69 Å². The SMILES string of the molecule is CC1(C)OC(=O)C(=CNc2cccc(OCc3ccccc3)c2)C(=O)O1.O=c1cc[nH]c2cc(OCc3ccccc3)ccc12. The number of hydrogen-bond donors (Lipinski definition) is 2. The number of fused-ring (bicyclic) bond motifs is 1. The molecule has 2 N–H and O–H groups in total. The maximum Gasteiger partial charge on any atom is 0.350 e. The molecule has 1 aliphatic heterocycles. The van der Waals surface area contributed by atoms with Gasteiger partial charge in [-0.2, -0.15) is 0 Å². The van der Waals surface area contributed by atoms with E-state index >= 15 is 0 Å². The number of benzene rings is 4. The molecule has 0 spiro atoms. The number of anilines is 1. The second-order valence-corrected chi connectivity index (χ2v) is 10.5. The van der Waals surface area contributed by atoms with Crippen LogP contribution in [-0.4, -0.2) is 22.7 Å². The van der Waals surface area contributed by atoms with Gasteiger partial charge in [0.1, 0.15) is 24.7 Å². The average molecular weight is 605 g/mol. The number of cyclic esters (lactones) is 2. The third-order valence-corrected chi connectivity index (χ3v) is 6.56. The number of aromatic nitrogens is 1. The fourth-order valence-electron chi connectivity index (χ4n) is 4.34. The van der Waals surface area contributed by atoms with E-state index in [1.165, 1.54) is 26.1 Å². The number of carbonyl (C=O) groups is 2. The Hall–Kier alpha value is -5.83. The van der Waals surface area contributed by atoms with Gasteiger partial charge in [0.15, 0.2) is 11.0 Å². The Labute approximate surface area is 260 Å². The fraction of sp³-hybridized carbons (Fsp3) is 0.139. The molecule has 0 atom stereocenters. The molecule has 45 heavy (non-hydrogen) atoms. The lowest BCUT2D eigenvalue weighted by molar-refractivity contribution is -0.222. The highest BCUT2D eigenvalue weighted by Crippen LogP contribution is 2.24. The maximum atomic E-state index is 11.9. The molecule has 1 aromatic heterocycles. The Balaban J connectivity index is 0.000000186. The molecule has 9 heteroatoms. The third kappa shape index (κ3) is 8.61. The second kappa shape index (κ2) is 14.1. The van der Waals surface area contributed by atoms with E-state index in [1.54, 1.807) is 24.4 Å². The summed E-state index contributed by atoms with van der Waals surface area (Å²) in [6, 6.07) is 33.9. The van der Waals surface area contributed by atoms with Crippen LogP contribution in [0.25, 0.3) is 10.9 Å². The molecule has 0 unspecified atom stereocenters. The van der Waals surface area contributed by atoms with Crippen molar-refractivity contribution in [2.24, 2.45) is 0 Å². The number of nitrogens with one attached hydrogen (secondary N) is 2. The normalized spacial score (nSPS) is 13.5. The van der Waals surface area contributed by atoms with Crippen molar-refractivity contribution in [2.75, 3.05) is 5.32 Å². The standard InChI is InChI=1S/C20H19NO5.C16H13NO2/c1-20(2)25-18(22)17(19(23)26-20)12-21-15-9-6-10-16(11-15)24-13-14-7-4-3-5-8-14;18-16-8-9-17-15-10-13(6-7-14(15)16)19-11-12-4-2-1-3-5-12/h3-12,21H,13H2,1-2H3;1-10H,11H2,(H,17,18). The van der Waals surface area contributed by atoms with Gasteiger partial charge in [-0.3, -0.25) is 4.79 Å². The van der Waals surface area contributed by atoms with E-state index in [2.05, 4.69) is 10.3 Å². The lowest BCUT2D eigenvalue weighted by Crippen LogP contribution is -2.42. The van der Waals surface area contributed by atoms with Crippen molar-refractivity contribution in [1.82, 2.24) is 4.98 Å². The van der Waals surface area contributed by atoms with E-state index < -0.39 is 17.7 Å². The molecule has 0 saturated carbocycles. The Morgan fingerprint density at radius 3 is 1.93 bits per heavy atom. The van der Waals surface area contributed by atoms with Crippen molar-refractivity contribution in [1.29, 1.82) is 0 Å². The van der Waals surface area contributed by atoms with Crippen molar-refractivity contribution < 1.29 is 28.5 Å². The Bertz CT molecular complexity index is 1840. The molecule has 5 aromatic rings. The van der Waals surface area contributed by atoms with Crippen LogP contribution < -0.4 is 20.2 Å². The quantitative estimate of drug-likeness (QED) is 0.117. The number of ether oxygens (including phenoxy) is 4. The molecule has 2 heterocycles. The smallest absolute Gasteiger partial charge is 0.350 e. The Morgan fingerprint density at radius 2 is 1.31 bits per heavy atom. The molecule has 1 saturated heterocycles. The number of esters is 2. The summed E-state index contributed by atoms with van der Waals surface area (Å²) in [6.07, 6.45) is 2.92. The summed E-state index contributed by atoms with van der Waals surface area (Å²) in [5.41, 5.74) is 3.45. The molecule has 0 aliphatic carbocycles. The highest BCUT2D eigenvalue weighted by Gasteiger charge is 2.38. The van der Waals surface area contributed by atoms with E-state index in [0.717, 1.165) is 22.4 Å². The van der Waals surface area contributed by atoms with Gasteiger partial charge < -0.3 is 29.2 Å². The minimum absolute atomic E-state index is 0.0170. The predicted octanol–water partition coefficient (Wildman–Crippen LogP) is 6.50. The van der Waals surface area contributed by atoms with Crippen LogP contribution >= 0.6 is 0 Å². The van der Waals surface area contributed by atoms with Gasteiger partial charge in [-0.25, -0.2) is 9.59 Å². The molecule has 0 bridgehead atoms. The van der Waals surface area contributed by atoms with Crippen molar-refractivity contribution in [2.45, 2.75) is 32.8 Å². The number of H-pyrrole nitrogens is 1. The third-order valence-electron chi connectivity index (χ3n) is 6.56. The van der Waals surface area contributed by atoms with Gasteiger partial charge in [0.25, 0.3) is 5.79 Å². The van der Waals surface area contributed by atoms with Gasteiger partial charge in [0.05, 0.1) is 5.52 Å². The van der Waals surface area contributed by atoms with Crippen molar-refractivity contribution in [3.8, 4) is 11.5 Å². The zero-order valence-corrected chi connectivity index (χ0v) is 24.8. The van der Waals surface area contributed by atoms with Crippen LogP contribution in [0.2, 0.25) is 0 Å². The molecule has 0 radical (unpaired) electrons. The zero-order chi connectivity index (χ0) is 31.6. The van der Waals surface area contributed by atoms with Crippen LogP contribution in [0.3, 0.4) is 0 Å². The van der Waals surface area contributed by atoms with Gasteiger partial charge in [-0.1, -0.05) is 66.7 Å². The molecule has 6 rings (SSSR count). The summed E-state index contributed by atoms with van der Waals surface area (Å²) in [4.78, 5) is 38.5. The first-order valence-corrected chi connectivity index (χ1v) is 14.2. The molecule has 4 aromatic carbocycles. The van der Waals surface area contributed by atoms with E-state index in [1.807, 2.05) is 84.9 Å². The van der Waals surface area contributed by atoms with Crippen molar-refractivity contribution in [3.05, 3.63) is 149 Å². The molecule has 1 fully saturated rings. The van der Waals surface area contributed by atoms with Gasteiger partial charge in [-0.05, 0) is 35.4 Å². The van der Waals surface area contributed by atoms with E-state index in [0.29, 0.717) is 30.0 Å². The number of aromatic amines is 1. The minimum atomic E-state index is -1.25. The lowest BCUT2D eigenvalue weighted by Gasteiger charge is -2.29. The fourth-order valence-corrected chi connectivity index (χ4v) is 4.34. The number of hydrogen-bond acceptors (Lipinski definition) is 8. The van der Waals surface area contributed by atoms with Gasteiger partial charge in [0, 0.05) is 55.5 Å². The first kappa shape index (κ1) is 30.6. The van der Waals surface area contributed by atoms with E-state index in [-0.39, 0.29) is 11.0 Å². The molecule has 9 nitrogen and oxygen atoms in total. The van der Waals surface area contributed by atoms with E-state index in [4.69, 9.17) is 18.9 Å².